The summed E-state index contributed by atoms with van der Waals surface area (Å²) in [5, 5.41) is 0. The number of likely N-dealkylation sites (tertiary alicyclic amines) is 1. The zero-order valence-corrected chi connectivity index (χ0v) is 21.6. The van der Waals surface area contributed by atoms with E-state index in [1.165, 1.54) is 0 Å². The van der Waals surface area contributed by atoms with Gasteiger partial charge in [0.05, 0.1) is 11.0 Å². The summed E-state index contributed by atoms with van der Waals surface area (Å²) < 4.78 is 7.67. The molecule has 0 radical (unpaired) electrons. The lowest BCUT2D eigenvalue weighted by Crippen LogP contribution is -2.54. The lowest BCUT2D eigenvalue weighted by atomic mass is 10.1. The van der Waals surface area contributed by atoms with Crippen LogP contribution in [0, 0.1) is 0 Å². The fourth-order valence-corrected chi connectivity index (χ4v) is 5.20. The molecule has 0 N–H and O–H groups in total. The first kappa shape index (κ1) is 24.2. The van der Waals surface area contributed by atoms with Crippen molar-refractivity contribution in [3.05, 3.63) is 48.5 Å². The monoisotopic (exact) mass is 489 g/mol. The number of para-hydroxylation sites is 2. The van der Waals surface area contributed by atoms with Gasteiger partial charge in [0.25, 0.3) is 0 Å². The fraction of sp³-hybridized carbons (Fsp3) is 0.464. The van der Waals surface area contributed by atoms with Gasteiger partial charge in [-0.3, -0.25) is 9.69 Å². The zero-order chi connectivity index (χ0) is 25.4. The summed E-state index contributed by atoms with van der Waals surface area (Å²) in [4.78, 5) is 36.6. The Hall–Kier alpha value is -3.55. The number of ether oxygens (including phenoxy) is 1. The molecule has 1 atom stereocenters. The molecule has 2 aromatic carbocycles. The van der Waals surface area contributed by atoms with Crippen molar-refractivity contribution in [1.29, 1.82) is 0 Å². The van der Waals surface area contributed by atoms with Crippen LogP contribution in [0.4, 0.5) is 10.5 Å². The highest BCUT2D eigenvalue weighted by molar-refractivity contribution is 5.86. The van der Waals surface area contributed by atoms with Crippen LogP contribution in [0.25, 0.3) is 22.4 Å². The van der Waals surface area contributed by atoms with Crippen LogP contribution in [-0.2, 0) is 16.6 Å². The highest BCUT2D eigenvalue weighted by atomic mass is 16.6. The van der Waals surface area contributed by atoms with E-state index in [0.717, 1.165) is 47.6 Å². The van der Waals surface area contributed by atoms with Gasteiger partial charge >= 0.3 is 6.09 Å². The maximum absolute atomic E-state index is 13.3. The van der Waals surface area contributed by atoms with E-state index in [9.17, 15) is 9.59 Å². The fourth-order valence-electron chi connectivity index (χ4n) is 5.20. The Bertz CT molecular complexity index is 1270. The van der Waals surface area contributed by atoms with Gasteiger partial charge in [0.1, 0.15) is 17.5 Å². The number of piperazine rings is 1. The smallest absolute Gasteiger partial charge is 0.410 e. The molecule has 2 fully saturated rings. The minimum Gasteiger partial charge on any atom is -0.444 e. The number of fused-ring (bicyclic) bond motifs is 1. The van der Waals surface area contributed by atoms with Gasteiger partial charge in [0, 0.05) is 51.0 Å². The Morgan fingerprint density at radius 2 is 1.72 bits per heavy atom. The summed E-state index contributed by atoms with van der Waals surface area (Å²) in [5.41, 5.74) is 3.72. The van der Waals surface area contributed by atoms with Crippen LogP contribution in [0.2, 0.25) is 0 Å². The van der Waals surface area contributed by atoms with E-state index < -0.39 is 17.7 Å². The molecule has 8 heteroatoms. The number of carbonyl (C=O) groups is 2. The van der Waals surface area contributed by atoms with Gasteiger partial charge < -0.3 is 19.1 Å². The predicted octanol–water partition coefficient (Wildman–Crippen LogP) is 4.29. The second kappa shape index (κ2) is 9.48. The Kier molecular flexibility index (Phi) is 6.36. The van der Waals surface area contributed by atoms with Gasteiger partial charge in [-0.2, -0.15) is 0 Å². The summed E-state index contributed by atoms with van der Waals surface area (Å²) in [6.45, 7) is 8.88. The number of hydrogen-bond donors (Lipinski definition) is 0. The van der Waals surface area contributed by atoms with Crippen molar-refractivity contribution in [2.45, 2.75) is 45.3 Å². The molecule has 5 rings (SSSR count). The number of benzene rings is 2. The van der Waals surface area contributed by atoms with Gasteiger partial charge in [0.2, 0.25) is 5.91 Å². The van der Waals surface area contributed by atoms with E-state index in [1.807, 2.05) is 50.9 Å². The molecule has 2 aliphatic heterocycles. The van der Waals surface area contributed by atoms with E-state index in [-0.39, 0.29) is 5.91 Å². The van der Waals surface area contributed by atoms with E-state index >= 15 is 0 Å². The first-order valence-corrected chi connectivity index (χ1v) is 12.8. The van der Waals surface area contributed by atoms with Crippen LogP contribution in [0.5, 0.6) is 0 Å². The SMILES string of the molecule is Cn1c(-c2cccc(N3CCN(C(=O)[C@@H]4CCCN4C(=O)OC(C)(C)C)CC3)c2)nc2ccccc21. The molecule has 36 heavy (non-hydrogen) atoms. The summed E-state index contributed by atoms with van der Waals surface area (Å²) in [5.74, 6) is 0.974. The molecule has 3 aromatic rings. The Morgan fingerprint density at radius 1 is 0.972 bits per heavy atom. The van der Waals surface area contributed by atoms with Gasteiger partial charge in [-0.05, 0) is 57.9 Å². The highest BCUT2D eigenvalue weighted by Gasteiger charge is 2.39. The second-order valence-electron chi connectivity index (χ2n) is 10.7. The van der Waals surface area contributed by atoms with Crippen molar-refractivity contribution in [3.63, 3.8) is 0 Å². The number of hydrogen-bond acceptors (Lipinski definition) is 5. The number of carbonyl (C=O) groups excluding carboxylic acids is 2. The molecule has 0 unspecified atom stereocenters. The van der Waals surface area contributed by atoms with Gasteiger partial charge in [-0.15, -0.1) is 0 Å². The van der Waals surface area contributed by atoms with Crippen molar-refractivity contribution in [1.82, 2.24) is 19.4 Å². The molecule has 3 heterocycles. The first-order valence-electron chi connectivity index (χ1n) is 12.8. The number of aromatic nitrogens is 2. The average Bonchev–Trinajstić information content (AvgIpc) is 3.48. The van der Waals surface area contributed by atoms with Crippen molar-refractivity contribution in [2.24, 2.45) is 7.05 Å². The van der Waals surface area contributed by atoms with Gasteiger partial charge in [-0.1, -0.05) is 24.3 Å². The second-order valence-corrected chi connectivity index (χ2v) is 10.7. The molecule has 0 bridgehead atoms. The minimum atomic E-state index is -0.574. The van der Waals surface area contributed by atoms with Crippen LogP contribution in [0.1, 0.15) is 33.6 Å². The standard InChI is InChI=1S/C28H35N5O3/c1-28(2,3)36-27(35)33-14-8-13-24(33)26(34)32-17-15-31(16-18-32)21-10-7-9-20(19-21)25-29-22-11-5-6-12-23(22)30(25)4/h5-7,9-12,19,24H,8,13-18H2,1-4H3/t24-/m0/s1. The van der Waals surface area contributed by atoms with E-state index in [0.29, 0.717) is 26.1 Å². The lowest BCUT2D eigenvalue weighted by molar-refractivity contribution is -0.136. The molecule has 2 aliphatic rings. The van der Waals surface area contributed by atoms with E-state index in [2.05, 4.69) is 39.8 Å². The number of amides is 2. The molecule has 0 spiro atoms. The van der Waals surface area contributed by atoms with Crippen molar-refractivity contribution in [2.75, 3.05) is 37.6 Å². The number of anilines is 1. The van der Waals surface area contributed by atoms with Crippen molar-refractivity contribution >= 4 is 28.7 Å². The molecule has 2 saturated heterocycles. The number of imidazole rings is 1. The number of rotatable bonds is 3. The maximum Gasteiger partial charge on any atom is 0.410 e. The molecule has 0 aliphatic carbocycles. The number of nitrogens with zero attached hydrogens (tertiary/aromatic N) is 5. The van der Waals surface area contributed by atoms with Crippen LogP contribution >= 0.6 is 0 Å². The third-order valence-corrected chi connectivity index (χ3v) is 7.01. The largest absolute Gasteiger partial charge is 0.444 e. The molecular weight excluding hydrogens is 454 g/mol. The quantitative estimate of drug-likeness (QED) is 0.549. The van der Waals surface area contributed by atoms with E-state index in [4.69, 9.17) is 9.72 Å². The summed E-state index contributed by atoms with van der Waals surface area (Å²) in [6.07, 6.45) is 1.12. The summed E-state index contributed by atoms with van der Waals surface area (Å²) >= 11 is 0. The van der Waals surface area contributed by atoms with Crippen LogP contribution in [-0.4, -0.2) is 75.7 Å². The normalized spacial score (nSPS) is 18.7. The highest BCUT2D eigenvalue weighted by Crippen LogP contribution is 2.28. The molecule has 190 valence electrons. The zero-order valence-electron chi connectivity index (χ0n) is 21.6. The molecule has 0 saturated carbocycles. The van der Waals surface area contributed by atoms with Crippen LogP contribution in [0.3, 0.4) is 0 Å². The molecule has 1 aromatic heterocycles. The van der Waals surface area contributed by atoms with Crippen molar-refractivity contribution in [3.8, 4) is 11.4 Å². The third-order valence-electron chi connectivity index (χ3n) is 7.01. The van der Waals surface area contributed by atoms with Crippen LogP contribution in [0.15, 0.2) is 48.5 Å². The maximum atomic E-state index is 13.3. The average molecular weight is 490 g/mol. The predicted molar refractivity (Wildman–Crippen MR) is 141 cm³/mol. The Morgan fingerprint density at radius 3 is 2.44 bits per heavy atom. The van der Waals surface area contributed by atoms with E-state index in [1.54, 1.807) is 4.90 Å². The van der Waals surface area contributed by atoms with Gasteiger partial charge in [-0.25, -0.2) is 9.78 Å². The Labute approximate surface area is 212 Å². The van der Waals surface area contributed by atoms with Gasteiger partial charge in [0.15, 0.2) is 0 Å². The number of aryl methyl sites for hydroxylation is 1. The molecule has 2 amide bonds. The Balaban J connectivity index is 1.25. The first-order chi connectivity index (χ1) is 17.2. The minimum absolute atomic E-state index is 0.0338. The summed E-state index contributed by atoms with van der Waals surface area (Å²) in [6, 6.07) is 16.2. The lowest BCUT2D eigenvalue weighted by Gasteiger charge is -2.38. The van der Waals surface area contributed by atoms with Crippen molar-refractivity contribution < 1.29 is 14.3 Å². The van der Waals surface area contributed by atoms with Crippen LogP contribution < -0.4 is 4.90 Å². The molecule has 8 nitrogen and oxygen atoms in total. The topological polar surface area (TPSA) is 70.9 Å². The summed E-state index contributed by atoms with van der Waals surface area (Å²) in [7, 11) is 2.05. The third kappa shape index (κ3) is 4.76. The molecular formula is C28H35N5O3.